The normalized spacial score (nSPS) is 22.6. The molecule has 20 heavy (non-hydrogen) atoms. The summed E-state index contributed by atoms with van der Waals surface area (Å²) in [6.07, 6.45) is 2.69. The number of hydrogen-bond acceptors (Lipinski definition) is 2. The van der Waals surface area contributed by atoms with Gasteiger partial charge in [0, 0.05) is 32.2 Å². The summed E-state index contributed by atoms with van der Waals surface area (Å²) >= 11 is 0. The summed E-state index contributed by atoms with van der Waals surface area (Å²) in [5.41, 5.74) is 0.192. The highest BCUT2D eigenvalue weighted by Crippen LogP contribution is 2.34. The Morgan fingerprint density at radius 1 is 1.20 bits per heavy atom. The van der Waals surface area contributed by atoms with Crippen LogP contribution in [0.1, 0.15) is 47.5 Å². The van der Waals surface area contributed by atoms with Crippen LogP contribution in [0.5, 0.6) is 0 Å². The molecule has 2 atom stereocenters. The maximum atomic E-state index is 6.00. The van der Waals surface area contributed by atoms with Crippen LogP contribution in [0.25, 0.3) is 0 Å². The highest BCUT2D eigenvalue weighted by molar-refractivity contribution is 14.0. The molecule has 2 unspecified atom stereocenters. The maximum absolute atomic E-state index is 6.00. The zero-order valence-electron chi connectivity index (χ0n) is 13.7. The van der Waals surface area contributed by atoms with Gasteiger partial charge in [0.1, 0.15) is 0 Å². The van der Waals surface area contributed by atoms with E-state index in [1.54, 1.807) is 0 Å². The lowest BCUT2D eigenvalue weighted by Crippen LogP contribution is -2.42. The van der Waals surface area contributed by atoms with Gasteiger partial charge in [0.15, 0.2) is 5.96 Å². The fourth-order valence-electron chi connectivity index (χ4n) is 2.71. The quantitative estimate of drug-likeness (QED) is 0.436. The van der Waals surface area contributed by atoms with Crippen molar-refractivity contribution in [3.63, 3.8) is 0 Å². The second kappa shape index (κ2) is 9.82. The van der Waals surface area contributed by atoms with Crippen molar-refractivity contribution in [1.82, 2.24) is 10.6 Å². The van der Waals surface area contributed by atoms with Gasteiger partial charge in [0.05, 0.1) is 6.10 Å². The topological polar surface area (TPSA) is 45.7 Å². The Kier molecular flexibility index (Phi) is 9.80. The number of ether oxygens (including phenoxy) is 1. The molecule has 4 nitrogen and oxygen atoms in total. The van der Waals surface area contributed by atoms with E-state index < -0.39 is 0 Å². The molecule has 5 heteroatoms. The molecule has 0 amide bonds. The van der Waals surface area contributed by atoms with Crippen LogP contribution in [-0.2, 0) is 4.74 Å². The Hall–Kier alpha value is -0.0400. The molecular formula is C15H32IN3O. The van der Waals surface area contributed by atoms with Crippen molar-refractivity contribution in [3.8, 4) is 0 Å². The van der Waals surface area contributed by atoms with E-state index in [-0.39, 0.29) is 29.4 Å². The van der Waals surface area contributed by atoms with E-state index in [2.05, 4.69) is 45.3 Å². The molecule has 1 aliphatic heterocycles. The smallest absolute Gasteiger partial charge is 0.191 e. The van der Waals surface area contributed by atoms with Crippen molar-refractivity contribution in [2.45, 2.75) is 53.6 Å². The predicted octanol–water partition coefficient (Wildman–Crippen LogP) is 3.02. The van der Waals surface area contributed by atoms with Gasteiger partial charge in [-0.3, -0.25) is 4.99 Å². The van der Waals surface area contributed by atoms with Crippen molar-refractivity contribution in [1.29, 1.82) is 0 Å². The molecule has 0 aromatic heterocycles. The molecule has 0 saturated carbocycles. The van der Waals surface area contributed by atoms with Crippen LogP contribution in [0.4, 0.5) is 0 Å². The second-order valence-corrected chi connectivity index (χ2v) is 6.31. The van der Waals surface area contributed by atoms with Gasteiger partial charge in [-0.15, -0.1) is 24.0 Å². The first-order valence-electron chi connectivity index (χ1n) is 7.62. The molecule has 0 radical (unpaired) electrons. The standard InChI is InChI=1S/C15H31N3O.HI/c1-6-16-14(17-7-2)18-11-12-9-8-10-19-13(12)15(3,4)5;/h12-13H,6-11H2,1-5H3,(H2,16,17,18);1H. The number of hydrogen-bond donors (Lipinski definition) is 2. The highest BCUT2D eigenvalue weighted by Gasteiger charge is 2.35. The largest absolute Gasteiger partial charge is 0.377 e. The molecule has 1 fully saturated rings. The Labute approximate surface area is 141 Å². The third kappa shape index (κ3) is 6.61. The number of guanidine groups is 1. The molecule has 0 aromatic carbocycles. The van der Waals surface area contributed by atoms with Gasteiger partial charge < -0.3 is 15.4 Å². The first-order valence-corrected chi connectivity index (χ1v) is 7.62. The average molecular weight is 397 g/mol. The predicted molar refractivity (Wildman–Crippen MR) is 97.0 cm³/mol. The Morgan fingerprint density at radius 3 is 2.30 bits per heavy atom. The fourth-order valence-corrected chi connectivity index (χ4v) is 2.71. The van der Waals surface area contributed by atoms with E-state index in [1.807, 2.05) is 0 Å². The molecule has 0 aliphatic carbocycles. The second-order valence-electron chi connectivity index (χ2n) is 6.31. The van der Waals surface area contributed by atoms with Gasteiger partial charge in [0.25, 0.3) is 0 Å². The summed E-state index contributed by atoms with van der Waals surface area (Å²) in [7, 11) is 0. The van der Waals surface area contributed by atoms with Crippen LogP contribution in [-0.4, -0.2) is 38.3 Å². The van der Waals surface area contributed by atoms with Crippen LogP contribution in [0, 0.1) is 11.3 Å². The van der Waals surface area contributed by atoms with Crippen LogP contribution >= 0.6 is 24.0 Å². The van der Waals surface area contributed by atoms with E-state index in [0.717, 1.165) is 38.6 Å². The minimum absolute atomic E-state index is 0. The van der Waals surface area contributed by atoms with Crippen molar-refractivity contribution < 1.29 is 4.74 Å². The molecule has 0 bridgehead atoms. The first kappa shape index (κ1) is 20.0. The zero-order valence-corrected chi connectivity index (χ0v) is 16.0. The third-order valence-electron chi connectivity index (χ3n) is 3.47. The van der Waals surface area contributed by atoms with Gasteiger partial charge in [-0.1, -0.05) is 20.8 Å². The van der Waals surface area contributed by atoms with E-state index in [4.69, 9.17) is 9.73 Å². The number of halogens is 1. The Morgan fingerprint density at radius 2 is 1.80 bits per heavy atom. The molecule has 1 rings (SSSR count). The van der Waals surface area contributed by atoms with Crippen LogP contribution < -0.4 is 10.6 Å². The van der Waals surface area contributed by atoms with Crippen LogP contribution in [0.3, 0.4) is 0 Å². The maximum Gasteiger partial charge on any atom is 0.191 e. The lowest BCUT2D eigenvalue weighted by molar-refractivity contribution is -0.0823. The lowest BCUT2D eigenvalue weighted by Gasteiger charge is -2.39. The number of aliphatic imine (C=N–C) groups is 1. The summed E-state index contributed by atoms with van der Waals surface area (Å²) in [5.74, 6) is 1.45. The Balaban J connectivity index is 0.00000361. The minimum atomic E-state index is 0. The molecule has 1 heterocycles. The lowest BCUT2D eigenvalue weighted by atomic mass is 9.78. The van der Waals surface area contributed by atoms with Gasteiger partial charge >= 0.3 is 0 Å². The van der Waals surface area contributed by atoms with E-state index in [0.29, 0.717) is 12.0 Å². The number of rotatable bonds is 4. The van der Waals surface area contributed by atoms with E-state index in [9.17, 15) is 0 Å². The molecule has 2 N–H and O–H groups in total. The van der Waals surface area contributed by atoms with E-state index in [1.165, 1.54) is 6.42 Å². The minimum Gasteiger partial charge on any atom is -0.377 e. The summed E-state index contributed by atoms with van der Waals surface area (Å²) in [4.78, 5) is 4.71. The van der Waals surface area contributed by atoms with E-state index >= 15 is 0 Å². The monoisotopic (exact) mass is 397 g/mol. The van der Waals surface area contributed by atoms with Crippen molar-refractivity contribution in [2.24, 2.45) is 16.3 Å². The average Bonchev–Trinajstić information content (AvgIpc) is 2.36. The van der Waals surface area contributed by atoms with Crippen LogP contribution in [0.15, 0.2) is 4.99 Å². The number of nitrogens with zero attached hydrogens (tertiary/aromatic N) is 1. The van der Waals surface area contributed by atoms with Crippen molar-refractivity contribution in [3.05, 3.63) is 0 Å². The zero-order chi connectivity index (χ0) is 14.3. The van der Waals surface area contributed by atoms with Gasteiger partial charge in [-0.25, -0.2) is 0 Å². The van der Waals surface area contributed by atoms with Crippen LogP contribution in [0.2, 0.25) is 0 Å². The first-order chi connectivity index (χ1) is 8.99. The van der Waals surface area contributed by atoms with Gasteiger partial charge in [0.2, 0.25) is 0 Å². The van der Waals surface area contributed by atoms with Crippen molar-refractivity contribution >= 4 is 29.9 Å². The summed E-state index contributed by atoms with van der Waals surface area (Å²) in [6.45, 7) is 14.5. The summed E-state index contributed by atoms with van der Waals surface area (Å²) in [6, 6.07) is 0. The van der Waals surface area contributed by atoms with Gasteiger partial charge in [-0.05, 0) is 32.1 Å². The molecule has 0 aromatic rings. The molecule has 1 aliphatic rings. The Bertz CT molecular complexity index is 281. The van der Waals surface area contributed by atoms with Crippen molar-refractivity contribution in [2.75, 3.05) is 26.2 Å². The molecule has 120 valence electrons. The summed E-state index contributed by atoms with van der Waals surface area (Å²) < 4.78 is 6.00. The molecule has 1 saturated heterocycles. The summed E-state index contributed by atoms with van der Waals surface area (Å²) in [5, 5.41) is 6.55. The van der Waals surface area contributed by atoms with Gasteiger partial charge in [-0.2, -0.15) is 0 Å². The number of nitrogens with one attached hydrogen (secondary N) is 2. The highest BCUT2D eigenvalue weighted by atomic mass is 127. The SMILES string of the molecule is CCNC(=NCC1CCCOC1C(C)(C)C)NCC.I. The molecule has 0 spiro atoms. The third-order valence-corrected chi connectivity index (χ3v) is 3.47. The molecular weight excluding hydrogens is 365 g/mol. The fraction of sp³-hybridized carbons (Fsp3) is 0.933.